The molecule has 3 aliphatic carbocycles. The molecule has 0 radical (unpaired) electrons. The molecule has 2 heteroatoms. The zero-order chi connectivity index (χ0) is 20.1. The van der Waals surface area contributed by atoms with Gasteiger partial charge in [-0.3, -0.25) is 0 Å². The topological polar surface area (TPSA) is 29.5 Å². The summed E-state index contributed by atoms with van der Waals surface area (Å²) >= 11 is 0. The quantitative estimate of drug-likeness (QED) is 0.535. The molecule has 1 aromatic rings. The van der Waals surface area contributed by atoms with Crippen molar-refractivity contribution in [3.63, 3.8) is 0 Å². The maximum atomic E-state index is 11.2. The highest BCUT2D eigenvalue weighted by atomic mass is 16.5. The Morgan fingerprint density at radius 1 is 1.11 bits per heavy atom. The molecule has 2 fully saturated rings. The Labute approximate surface area is 170 Å². The molecule has 2 nitrogen and oxygen atoms in total. The number of phenolic OH excluding ortho intramolecular Hbond substituents is 1. The molecule has 0 unspecified atom stereocenters. The number of benzene rings is 1. The second-order valence-electron chi connectivity index (χ2n) is 11.5. The van der Waals surface area contributed by atoms with Gasteiger partial charge in [-0.1, -0.05) is 32.4 Å². The summed E-state index contributed by atoms with van der Waals surface area (Å²) in [5.41, 5.74) is 4.29. The summed E-state index contributed by atoms with van der Waals surface area (Å²) in [6, 6.07) is 4.39. The lowest BCUT2D eigenvalue weighted by atomic mass is 9.64. The van der Waals surface area contributed by atoms with Crippen molar-refractivity contribution < 1.29 is 9.84 Å². The number of hydrogen-bond acceptors (Lipinski definition) is 2. The minimum atomic E-state index is -0.197. The first kappa shape index (κ1) is 18.6. The fraction of sp³-hybridized carbons (Fsp3) is 0.692. The summed E-state index contributed by atoms with van der Waals surface area (Å²) in [4.78, 5) is 0. The number of fused-ring (bicyclic) bond motifs is 5. The van der Waals surface area contributed by atoms with Crippen LogP contribution in [0.15, 0.2) is 23.8 Å². The zero-order valence-corrected chi connectivity index (χ0v) is 18.4. The molecular weight excluding hydrogens is 344 g/mol. The Balaban J connectivity index is 1.59. The van der Waals surface area contributed by atoms with E-state index in [1.165, 1.54) is 30.4 Å². The van der Waals surface area contributed by atoms with Gasteiger partial charge in [-0.25, -0.2) is 0 Å². The molecule has 2 bridgehead atoms. The molecule has 0 aromatic heterocycles. The lowest BCUT2D eigenvalue weighted by Crippen LogP contribution is -2.45. The predicted molar refractivity (Wildman–Crippen MR) is 114 cm³/mol. The van der Waals surface area contributed by atoms with Gasteiger partial charge in [-0.2, -0.15) is 0 Å². The maximum Gasteiger partial charge on any atom is 0.127 e. The van der Waals surface area contributed by atoms with Crippen molar-refractivity contribution in [1.29, 1.82) is 0 Å². The van der Waals surface area contributed by atoms with Crippen LogP contribution in [0, 0.1) is 22.7 Å². The van der Waals surface area contributed by atoms with Gasteiger partial charge in [0.2, 0.25) is 0 Å². The first-order valence-electron chi connectivity index (χ1n) is 11.3. The van der Waals surface area contributed by atoms with Gasteiger partial charge in [0.1, 0.15) is 17.1 Å². The van der Waals surface area contributed by atoms with Gasteiger partial charge in [0.05, 0.1) is 0 Å². The van der Waals surface area contributed by atoms with E-state index in [1.807, 2.05) is 0 Å². The van der Waals surface area contributed by atoms with Crippen LogP contribution in [0.1, 0.15) is 96.6 Å². The van der Waals surface area contributed by atoms with Crippen molar-refractivity contribution in [2.75, 3.05) is 0 Å². The monoisotopic (exact) mass is 380 g/mol. The van der Waals surface area contributed by atoms with E-state index in [9.17, 15) is 5.11 Å². The average Bonchev–Trinajstić information content (AvgIpc) is 2.93. The minimum absolute atomic E-state index is 0.197. The predicted octanol–water partition coefficient (Wildman–Crippen LogP) is 6.93. The van der Waals surface area contributed by atoms with E-state index in [0.717, 1.165) is 30.1 Å². The third kappa shape index (κ3) is 2.27. The molecule has 0 saturated heterocycles. The first-order chi connectivity index (χ1) is 13.0. The van der Waals surface area contributed by atoms with Crippen LogP contribution in [0.5, 0.6) is 11.5 Å². The van der Waals surface area contributed by atoms with Crippen molar-refractivity contribution in [3.05, 3.63) is 34.9 Å². The summed E-state index contributed by atoms with van der Waals surface area (Å²) in [5, 5.41) is 11.2. The molecule has 5 atom stereocenters. The Morgan fingerprint density at radius 3 is 2.50 bits per heavy atom. The Kier molecular flexibility index (Phi) is 3.70. The van der Waals surface area contributed by atoms with Crippen LogP contribution in [0.4, 0.5) is 0 Å². The Morgan fingerprint density at radius 2 is 1.86 bits per heavy atom. The number of ether oxygens (including phenoxy) is 1. The van der Waals surface area contributed by atoms with Crippen LogP contribution in [0.3, 0.4) is 0 Å². The highest BCUT2D eigenvalue weighted by molar-refractivity contribution is 5.54. The number of hydrogen-bond donors (Lipinski definition) is 1. The molecule has 152 valence electrons. The van der Waals surface area contributed by atoms with Crippen molar-refractivity contribution in [3.8, 4) is 11.5 Å². The first-order valence-corrected chi connectivity index (χ1v) is 11.3. The average molecular weight is 381 g/mol. The van der Waals surface area contributed by atoms with Crippen LogP contribution < -0.4 is 4.74 Å². The molecule has 2 saturated carbocycles. The SMILES string of the molecule is CC1=CC[C@@H]2[C@@H](C1)c1c(O)cc([C@H]3C[C@@H]4CC[C@]3(C)C4(C)C)cc1OC2(C)C. The summed E-state index contributed by atoms with van der Waals surface area (Å²) in [6.07, 6.45) is 8.35. The zero-order valence-electron chi connectivity index (χ0n) is 18.4. The number of allylic oxidation sites excluding steroid dienone is 2. The van der Waals surface area contributed by atoms with Crippen LogP contribution in [-0.4, -0.2) is 10.7 Å². The van der Waals surface area contributed by atoms with E-state index in [4.69, 9.17) is 4.74 Å². The van der Waals surface area contributed by atoms with Crippen molar-refractivity contribution in [2.24, 2.45) is 22.7 Å². The van der Waals surface area contributed by atoms with Gasteiger partial charge in [0.15, 0.2) is 0 Å². The van der Waals surface area contributed by atoms with Gasteiger partial charge in [0.25, 0.3) is 0 Å². The minimum Gasteiger partial charge on any atom is -0.508 e. The second-order valence-corrected chi connectivity index (χ2v) is 11.5. The maximum absolute atomic E-state index is 11.2. The molecule has 28 heavy (non-hydrogen) atoms. The van der Waals surface area contributed by atoms with E-state index < -0.39 is 0 Å². The van der Waals surface area contributed by atoms with Crippen LogP contribution >= 0.6 is 0 Å². The normalized spacial score (nSPS) is 39.7. The third-order valence-electron chi connectivity index (χ3n) is 9.72. The van der Waals surface area contributed by atoms with Gasteiger partial charge < -0.3 is 9.84 Å². The number of aromatic hydroxyl groups is 1. The van der Waals surface area contributed by atoms with E-state index in [0.29, 0.717) is 34.3 Å². The largest absolute Gasteiger partial charge is 0.508 e. The molecule has 1 N–H and O–H groups in total. The van der Waals surface area contributed by atoms with E-state index in [-0.39, 0.29) is 5.60 Å². The Bertz CT molecular complexity index is 861. The number of phenols is 1. The van der Waals surface area contributed by atoms with Gasteiger partial charge in [-0.15, -0.1) is 0 Å². The highest BCUT2D eigenvalue weighted by Gasteiger charge is 2.61. The molecule has 1 aliphatic heterocycles. The van der Waals surface area contributed by atoms with Crippen molar-refractivity contribution >= 4 is 0 Å². The van der Waals surface area contributed by atoms with Crippen LogP contribution in [-0.2, 0) is 0 Å². The molecule has 0 spiro atoms. The summed E-state index contributed by atoms with van der Waals surface area (Å²) in [7, 11) is 0. The van der Waals surface area contributed by atoms with Crippen molar-refractivity contribution in [1.82, 2.24) is 0 Å². The molecular formula is C26H36O2. The van der Waals surface area contributed by atoms with Gasteiger partial charge in [-0.05, 0) is 93.2 Å². The second kappa shape index (κ2) is 5.58. The highest BCUT2D eigenvalue weighted by Crippen LogP contribution is 2.71. The summed E-state index contributed by atoms with van der Waals surface area (Å²) < 4.78 is 6.58. The standard InChI is InChI=1S/C26H36O2/c1-15-7-8-19-18(11-15)23-21(27)12-16(13-22(23)28-25(19,4)5)20-14-17-9-10-26(20,6)24(17,2)3/h7,12-13,17-20,27H,8-11,14H2,1-6H3/t17-,18+,19+,20+,26-/m0/s1. The lowest BCUT2D eigenvalue weighted by molar-refractivity contribution is 0.00737. The number of rotatable bonds is 1. The molecule has 5 rings (SSSR count). The third-order valence-corrected chi connectivity index (χ3v) is 9.72. The lowest BCUT2D eigenvalue weighted by Gasteiger charge is -2.47. The van der Waals surface area contributed by atoms with E-state index >= 15 is 0 Å². The Hall–Kier alpha value is -1.44. The summed E-state index contributed by atoms with van der Waals surface area (Å²) in [6.45, 7) is 14.1. The van der Waals surface area contributed by atoms with Crippen LogP contribution in [0.25, 0.3) is 0 Å². The smallest absolute Gasteiger partial charge is 0.127 e. The van der Waals surface area contributed by atoms with E-state index in [1.54, 1.807) is 0 Å². The van der Waals surface area contributed by atoms with Gasteiger partial charge in [0, 0.05) is 17.4 Å². The summed E-state index contributed by atoms with van der Waals surface area (Å²) in [5.74, 6) is 3.53. The molecule has 4 aliphatic rings. The van der Waals surface area contributed by atoms with E-state index in [2.05, 4.69) is 59.8 Å². The molecule has 0 amide bonds. The molecule has 1 heterocycles. The fourth-order valence-electron chi connectivity index (χ4n) is 7.49. The molecule has 1 aromatic carbocycles. The van der Waals surface area contributed by atoms with Gasteiger partial charge >= 0.3 is 0 Å². The fourth-order valence-corrected chi connectivity index (χ4v) is 7.49. The van der Waals surface area contributed by atoms with Crippen LogP contribution in [0.2, 0.25) is 0 Å². The van der Waals surface area contributed by atoms with Crippen molar-refractivity contribution in [2.45, 2.75) is 91.1 Å².